The molecule has 0 aliphatic heterocycles. The number of alkyl halides is 1. The molecular formula is C21H19ClN2O5. The van der Waals surface area contributed by atoms with Crippen molar-refractivity contribution in [3.8, 4) is 5.75 Å². The van der Waals surface area contributed by atoms with Crippen LogP contribution in [-0.4, -0.2) is 34.9 Å². The Morgan fingerprint density at radius 1 is 1.10 bits per heavy atom. The van der Waals surface area contributed by atoms with E-state index in [1.807, 2.05) is 34.9 Å². The number of nitrogens with two attached hydrogens (primary N) is 1. The highest BCUT2D eigenvalue weighted by atomic mass is 35.5. The molecule has 1 atom stereocenters. The molecule has 0 fully saturated rings. The minimum Gasteiger partial charge on any atom is -0.465 e. The van der Waals surface area contributed by atoms with Crippen LogP contribution in [-0.2, 0) is 20.9 Å². The van der Waals surface area contributed by atoms with Gasteiger partial charge in [0.2, 0.25) is 0 Å². The first-order valence-electron chi connectivity index (χ1n) is 8.73. The van der Waals surface area contributed by atoms with Crippen LogP contribution in [0.3, 0.4) is 0 Å². The molecule has 0 spiro atoms. The molecule has 7 nitrogen and oxygen atoms in total. The number of halogens is 1. The van der Waals surface area contributed by atoms with Gasteiger partial charge in [-0.3, -0.25) is 9.59 Å². The normalized spacial score (nSPS) is 11.8. The van der Waals surface area contributed by atoms with Crippen LogP contribution in [0.25, 0.3) is 10.9 Å². The maximum atomic E-state index is 12.6. The minimum absolute atomic E-state index is 0.118. The molecule has 29 heavy (non-hydrogen) atoms. The van der Waals surface area contributed by atoms with Crippen molar-refractivity contribution in [2.45, 2.75) is 19.0 Å². The summed E-state index contributed by atoms with van der Waals surface area (Å²) in [6.07, 6.45) is 0. The van der Waals surface area contributed by atoms with E-state index in [9.17, 15) is 14.4 Å². The number of aromatic nitrogens is 1. The molecule has 1 unspecified atom stereocenters. The second kappa shape index (κ2) is 8.36. The van der Waals surface area contributed by atoms with Crippen LogP contribution in [0.4, 0.5) is 0 Å². The Morgan fingerprint density at radius 3 is 2.41 bits per heavy atom. The van der Waals surface area contributed by atoms with Gasteiger partial charge in [-0.25, -0.2) is 4.79 Å². The van der Waals surface area contributed by atoms with E-state index in [-0.39, 0.29) is 11.3 Å². The molecule has 3 aromatic rings. The number of benzene rings is 2. The van der Waals surface area contributed by atoms with Crippen molar-refractivity contribution in [1.29, 1.82) is 0 Å². The summed E-state index contributed by atoms with van der Waals surface area (Å²) in [6, 6.07) is 14.7. The monoisotopic (exact) mass is 414 g/mol. The van der Waals surface area contributed by atoms with Gasteiger partial charge in [0.25, 0.3) is 17.3 Å². The Bertz CT molecular complexity index is 1090. The van der Waals surface area contributed by atoms with Crippen molar-refractivity contribution >= 4 is 40.2 Å². The highest BCUT2D eigenvalue weighted by Crippen LogP contribution is 2.35. The lowest BCUT2D eigenvalue weighted by Crippen LogP contribution is -2.24. The SMILES string of the molecule is COC(=O)C(Cl)Oc1cccc2c1c(C(=O)C(N)=O)c(C)n2Cc1ccccc1. The fourth-order valence-electron chi connectivity index (χ4n) is 3.21. The molecule has 2 N–H and O–H groups in total. The number of ether oxygens (including phenoxy) is 2. The van der Waals surface area contributed by atoms with E-state index in [0.29, 0.717) is 23.1 Å². The van der Waals surface area contributed by atoms with Crippen LogP contribution >= 0.6 is 11.6 Å². The predicted octanol–water partition coefficient (Wildman–Crippen LogP) is 2.78. The van der Waals surface area contributed by atoms with E-state index >= 15 is 0 Å². The van der Waals surface area contributed by atoms with E-state index in [1.54, 1.807) is 25.1 Å². The van der Waals surface area contributed by atoms with Gasteiger partial charge in [0.1, 0.15) is 5.75 Å². The lowest BCUT2D eigenvalue weighted by atomic mass is 10.1. The lowest BCUT2D eigenvalue weighted by molar-refractivity contribution is -0.144. The van der Waals surface area contributed by atoms with Crippen molar-refractivity contribution < 1.29 is 23.9 Å². The third-order valence-corrected chi connectivity index (χ3v) is 4.83. The van der Waals surface area contributed by atoms with Crippen LogP contribution < -0.4 is 10.5 Å². The summed E-state index contributed by atoms with van der Waals surface area (Å²) in [5.74, 6) is -2.55. The van der Waals surface area contributed by atoms with E-state index in [0.717, 1.165) is 5.56 Å². The highest BCUT2D eigenvalue weighted by molar-refractivity contribution is 6.45. The van der Waals surface area contributed by atoms with Gasteiger partial charge in [0.05, 0.1) is 23.6 Å². The number of rotatable bonds is 7. The van der Waals surface area contributed by atoms with E-state index in [4.69, 9.17) is 22.1 Å². The number of carbonyl (C=O) groups excluding carboxylic acids is 3. The number of primary amides is 1. The molecule has 8 heteroatoms. The van der Waals surface area contributed by atoms with Gasteiger partial charge in [-0.1, -0.05) is 48.0 Å². The Hall–Kier alpha value is -3.32. The molecule has 2 aromatic carbocycles. The highest BCUT2D eigenvalue weighted by Gasteiger charge is 2.27. The van der Waals surface area contributed by atoms with Crippen molar-refractivity contribution in [3.63, 3.8) is 0 Å². The number of hydrogen-bond acceptors (Lipinski definition) is 5. The molecule has 0 saturated heterocycles. The topological polar surface area (TPSA) is 101 Å². The Morgan fingerprint density at radius 2 is 1.79 bits per heavy atom. The van der Waals surface area contributed by atoms with Gasteiger partial charge in [0.15, 0.2) is 0 Å². The maximum absolute atomic E-state index is 12.6. The molecular weight excluding hydrogens is 396 g/mol. The Kier molecular flexibility index (Phi) is 5.89. The molecule has 150 valence electrons. The van der Waals surface area contributed by atoms with Gasteiger partial charge in [0, 0.05) is 12.2 Å². The van der Waals surface area contributed by atoms with Gasteiger partial charge in [-0.15, -0.1) is 0 Å². The summed E-state index contributed by atoms with van der Waals surface area (Å²) in [4.78, 5) is 35.9. The molecule has 0 saturated carbocycles. The van der Waals surface area contributed by atoms with Crippen LogP contribution in [0.2, 0.25) is 0 Å². The van der Waals surface area contributed by atoms with Gasteiger partial charge < -0.3 is 19.8 Å². The second-order valence-electron chi connectivity index (χ2n) is 6.33. The second-order valence-corrected chi connectivity index (χ2v) is 6.73. The predicted molar refractivity (Wildman–Crippen MR) is 108 cm³/mol. The zero-order valence-electron chi connectivity index (χ0n) is 15.8. The number of carbonyl (C=O) groups is 3. The quantitative estimate of drug-likeness (QED) is 0.277. The lowest BCUT2D eigenvalue weighted by Gasteiger charge is -2.12. The van der Waals surface area contributed by atoms with Gasteiger partial charge in [-0.05, 0) is 24.6 Å². The fourth-order valence-corrected chi connectivity index (χ4v) is 3.40. The Balaban J connectivity index is 2.21. The zero-order valence-corrected chi connectivity index (χ0v) is 16.6. The molecule has 0 aliphatic carbocycles. The summed E-state index contributed by atoms with van der Waals surface area (Å²) < 4.78 is 12.0. The van der Waals surface area contributed by atoms with E-state index in [1.165, 1.54) is 7.11 Å². The Labute approximate surface area is 171 Å². The smallest absolute Gasteiger partial charge is 0.363 e. The molecule has 3 rings (SSSR count). The molecule has 0 radical (unpaired) electrons. The first-order chi connectivity index (χ1) is 13.8. The van der Waals surface area contributed by atoms with Gasteiger partial charge >= 0.3 is 5.97 Å². The maximum Gasteiger partial charge on any atom is 0.363 e. The molecule has 1 aromatic heterocycles. The third-order valence-electron chi connectivity index (χ3n) is 4.56. The minimum atomic E-state index is -1.42. The fraction of sp³-hybridized carbons (Fsp3) is 0.190. The number of esters is 1. The van der Waals surface area contributed by atoms with Crippen LogP contribution in [0.15, 0.2) is 48.5 Å². The third kappa shape index (κ3) is 3.95. The van der Waals surface area contributed by atoms with Crippen LogP contribution in [0.5, 0.6) is 5.75 Å². The van der Waals surface area contributed by atoms with Crippen LogP contribution in [0.1, 0.15) is 21.6 Å². The van der Waals surface area contributed by atoms with Crippen molar-refractivity contribution in [2.75, 3.05) is 7.11 Å². The van der Waals surface area contributed by atoms with Crippen molar-refractivity contribution in [1.82, 2.24) is 4.57 Å². The summed E-state index contributed by atoms with van der Waals surface area (Å²) in [6.45, 7) is 2.18. The molecule has 0 aliphatic rings. The average Bonchev–Trinajstić information content (AvgIpc) is 3.00. The number of amides is 1. The molecule has 1 amide bonds. The van der Waals surface area contributed by atoms with Crippen molar-refractivity contribution in [2.24, 2.45) is 5.73 Å². The van der Waals surface area contributed by atoms with E-state index < -0.39 is 23.2 Å². The first kappa shape index (κ1) is 20.4. The largest absolute Gasteiger partial charge is 0.465 e. The number of nitrogens with zero attached hydrogens (tertiary/aromatic N) is 1. The van der Waals surface area contributed by atoms with Crippen molar-refractivity contribution in [3.05, 3.63) is 65.4 Å². The number of Topliss-reactive ketones (excluding diaryl/α,β-unsaturated/α-hetero) is 1. The first-order valence-corrected chi connectivity index (χ1v) is 9.17. The summed E-state index contributed by atoms with van der Waals surface area (Å²) in [5.41, 5.74) is 6.17. The zero-order chi connectivity index (χ0) is 21.1. The van der Waals surface area contributed by atoms with Crippen LogP contribution in [0, 0.1) is 6.92 Å². The summed E-state index contributed by atoms with van der Waals surface area (Å²) in [5, 5.41) is 0.360. The summed E-state index contributed by atoms with van der Waals surface area (Å²) in [7, 11) is 1.18. The van der Waals surface area contributed by atoms with Gasteiger partial charge in [-0.2, -0.15) is 0 Å². The molecule has 0 bridgehead atoms. The standard InChI is InChI=1S/C21H19ClN2O5/c1-12-16(18(25)20(23)26)17-14(24(12)11-13-7-4-3-5-8-13)9-6-10-15(17)29-19(22)21(27)28-2/h3-10,19H,11H2,1-2H3,(H2,23,26). The number of hydrogen-bond donors (Lipinski definition) is 1. The average molecular weight is 415 g/mol. The number of methoxy groups -OCH3 is 1. The number of fused-ring (bicyclic) bond motifs is 1. The molecule has 1 heterocycles. The number of ketones is 1. The van der Waals surface area contributed by atoms with E-state index in [2.05, 4.69) is 4.74 Å². The summed E-state index contributed by atoms with van der Waals surface area (Å²) >= 11 is 5.96.